The van der Waals surface area contributed by atoms with E-state index in [1.165, 1.54) is 12.1 Å². The largest absolute Gasteiger partial charge is 0.389 e. The lowest BCUT2D eigenvalue weighted by Crippen LogP contribution is -2.13. The molecule has 2 aromatic carbocycles. The molecule has 0 aliphatic rings. The number of benzene rings is 2. The Morgan fingerprint density at radius 3 is 2.62 bits per heavy atom. The predicted octanol–water partition coefficient (Wildman–Crippen LogP) is 3.96. The van der Waals surface area contributed by atoms with E-state index in [4.69, 9.17) is 11.6 Å². The molecule has 1 atom stereocenters. The number of nitrogens with one attached hydrogen (secondary N) is 1. The van der Waals surface area contributed by atoms with Gasteiger partial charge in [-0.3, -0.25) is 4.72 Å². The smallest absolute Gasteiger partial charge is 0.261 e. The summed E-state index contributed by atoms with van der Waals surface area (Å²) in [5.41, 5.74) is 0.812. The highest BCUT2D eigenvalue weighted by atomic mass is 79.9. The molecule has 0 heterocycles. The average molecular weight is 391 g/mol. The number of aliphatic hydroxyl groups excluding tert-OH is 1. The van der Waals surface area contributed by atoms with Crippen LogP contribution in [-0.2, 0) is 10.0 Å². The van der Waals surface area contributed by atoms with Crippen LogP contribution in [0.1, 0.15) is 18.6 Å². The summed E-state index contributed by atoms with van der Waals surface area (Å²) in [6.45, 7) is 1.57. The fourth-order valence-electron chi connectivity index (χ4n) is 1.72. The Balaban J connectivity index is 2.38. The highest BCUT2D eigenvalue weighted by Crippen LogP contribution is 2.28. The van der Waals surface area contributed by atoms with Gasteiger partial charge in [0.1, 0.15) is 0 Å². The number of sulfonamides is 1. The fourth-order valence-corrected chi connectivity index (χ4v) is 3.43. The first-order chi connectivity index (χ1) is 9.79. The molecule has 0 amide bonds. The van der Waals surface area contributed by atoms with Crippen LogP contribution in [0.2, 0.25) is 5.02 Å². The zero-order valence-corrected chi connectivity index (χ0v) is 14.2. The Labute approximate surface area is 136 Å². The molecule has 112 valence electrons. The lowest BCUT2D eigenvalue weighted by molar-refractivity contribution is 0.199. The van der Waals surface area contributed by atoms with Crippen LogP contribution in [0, 0.1) is 0 Å². The second kappa shape index (κ2) is 6.36. The van der Waals surface area contributed by atoms with Crippen molar-refractivity contribution in [3.05, 3.63) is 57.5 Å². The Kier molecular flexibility index (Phi) is 4.93. The van der Waals surface area contributed by atoms with E-state index < -0.39 is 16.1 Å². The number of rotatable bonds is 4. The molecule has 1 unspecified atom stereocenters. The summed E-state index contributed by atoms with van der Waals surface area (Å²) in [6.07, 6.45) is -0.741. The number of hydrogen-bond donors (Lipinski definition) is 2. The van der Waals surface area contributed by atoms with E-state index in [0.717, 1.165) is 0 Å². The monoisotopic (exact) mass is 389 g/mol. The van der Waals surface area contributed by atoms with E-state index in [0.29, 0.717) is 15.1 Å². The predicted molar refractivity (Wildman–Crippen MR) is 87.0 cm³/mol. The van der Waals surface area contributed by atoms with E-state index in [9.17, 15) is 13.5 Å². The third-order valence-electron chi connectivity index (χ3n) is 2.82. The quantitative estimate of drug-likeness (QED) is 0.830. The summed E-state index contributed by atoms with van der Waals surface area (Å²) in [7, 11) is -3.77. The molecule has 4 nitrogen and oxygen atoms in total. The second-order valence-electron chi connectivity index (χ2n) is 4.48. The number of anilines is 1. The average Bonchev–Trinajstić information content (AvgIpc) is 2.43. The Bertz CT molecular complexity index is 763. The maximum Gasteiger partial charge on any atom is 0.261 e. The van der Waals surface area contributed by atoms with Crippen LogP contribution in [0.4, 0.5) is 5.69 Å². The molecule has 0 saturated carbocycles. The van der Waals surface area contributed by atoms with Gasteiger partial charge in [-0.1, -0.05) is 39.7 Å². The molecule has 7 heteroatoms. The third-order valence-corrected chi connectivity index (χ3v) is 5.01. The van der Waals surface area contributed by atoms with Crippen LogP contribution >= 0.6 is 27.5 Å². The fraction of sp³-hybridized carbons (Fsp3) is 0.143. The number of halogens is 2. The second-order valence-corrected chi connectivity index (χ2v) is 7.48. The molecule has 0 aliphatic carbocycles. The van der Waals surface area contributed by atoms with Gasteiger partial charge < -0.3 is 5.11 Å². The zero-order chi connectivity index (χ0) is 15.6. The topological polar surface area (TPSA) is 66.4 Å². The van der Waals surface area contributed by atoms with Crippen LogP contribution in [-0.4, -0.2) is 13.5 Å². The minimum atomic E-state index is -3.77. The Hall–Kier alpha value is -1.08. The molecule has 2 N–H and O–H groups in total. The van der Waals surface area contributed by atoms with Crippen molar-refractivity contribution in [3.8, 4) is 0 Å². The van der Waals surface area contributed by atoms with Crippen LogP contribution in [0.25, 0.3) is 0 Å². The van der Waals surface area contributed by atoms with Gasteiger partial charge in [0.15, 0.2) is 0 Å². The van der Waals surface area contributed by atoms with Crippen LogP contribution in [0.5, 0.6) is 0 Å². The number of aliphatic hydroxyl groups is 1. The minimum absolute atomic E-state index is 0.0666. The molecular formula is C14H13BrClNO3S. The van der Waals surface area contributed by atoms with Gasteiger partial charge in [0.25, 0.3) is 10.0 Å². The van der Waals surface area contributed by atoms with Crippen LogP contribution in [0.3, 0.4) is 0 Å². The van der Waals surface area contributed by atoms with Gasteiger partial charge >= 0.3 is 0 Å². The molecule has 21 heavy (non-hydrogen) atoms. The molecule has 0 fully saturated rings. The van der Waals surface area contributed by atoms with Crippen molar-refractivity contribution in [3.63, 3.8) is 0 Å². The van der Waals surface area contributed by atoms with E-state index in [1.807, 2.05) is 0 Å². The van der Waals surface area contributed by atoms with Crippen molar-refractivity contribution < 1.29 is 13.5 Å². The first-order valence-corrected chi connectivity index (χ1v) is 8.71. The van der Waals surface area contributed by atoms with E-state index in [-0.39, 0.29) is 10.6 Å². The summed E-state index contributed by atoms with van der Waals surface area (Å²) in [4.78, 5) is 0.0666. The molecule has 0 saturated heterocycles. The lowest BCUT2D eigenvalue weighted by atomic mass is 10.1. The highest BCUT2D eigenvalue weighted by Gasteiger charge is 2.17. The van der Waals surface area contributed by atoms with Crippen molar-refractivity contribution in [2.24, 2.45) is 0 Å². The van der Waals surface area contributed by atoms with Crippen molar-refractivity contribution in [1.29, 1.82) is 0 Å². The SMILES string of the molecule is CC(O)c1cccc(S(=O)(=O)Nc2cc(Br)ccc2Cl)c1. The van der Waals surface area contributed by atoms with Gasteiger partial charge in [-0.05, 0) is 42.8 Å². The van der Waals surface area contributed by atoms with Gasteiger partial charge in [-0.2, -0.15) is 0 Å². The van der Waals surface area contributed by atoms with Gasteiger partial charge in [0, 0.05) is 4.47 Å². The van der Waals surface area contributed by atoms with E-state index in [2.05, 4.69) is 20.7 Å². The highest BCUT2D eigenvalue weighted by molar-refractivity contribution is 9.10. The van der Waals surface area contributed by atoms with Crippen molar-refractivity contribution in [1.82, 2.24) is 0 Å². The molecule has 0 aliphatic heterocycles. The summed E-state index contributed by atoms with van der Waals surface area (Å²) in [5.74, 6) is 0. The third kappa shape index (κ3) is 3.97. The Morgan fingerprint density at radius 2 is 1.95 bits per heavy atom. The Morgan fingerprint density at radius 1 is 1.24 bits per heavy atom. The molecular weight excluding hydrogens is 378 g/mol. The summed E-state index contributed by atoms with van der Waals surface area (Å²) in [6, 6.07) is 11.0. The molecule has 0 radical (unpaired) electrons. The summed E-state index contributed by atoms with van der Waals surface area (Å²) < 4.78 is 27.9. The van der Waals surface area contributed by atoms with E-state index >= 15 is 0 Å². The van der Waals surface area contributed by atoms with Gasteiger partial charge in [0.2, 0.25) is 0 Å². The maximum atomic E-state index is 12.4. The van der Waals surface area contributed by atoms with Crippen LogP contribution < -0.4 is 4.72 Å². The standard InChI is InChI=1S/C14H13BrClNO3S/c1-9(18)10-3-2-4-12(7-10)21(19,20)17-14-8-11(15)5-6-13(14)16/h2-9,17-18H,1H3. The van der Waals surface area contributed by atoms with Crippen LogP contribution in [0.15, 0.2) is 51.8 Å². The summed E-state index contributed by atoms with van der Waals surface area (Å²) in [5, 5.41) is 9.84. The first kappa shape index (κ1) is 16.3. The van der Waals surface area contributed by atoms with E-state index in [1.54, 1.807) is 37.3 Å². The molecule has 0 aromatic heterocycles. The molecule has 0 spiro atoms. The van der Waals surface area contributed by atoms with Crippen molar-refractivity contribution in [2.75, 3.05) is 4.72 Å². The maximum absolute atomic E-state index is 12.4. The first-order valence-electron chi connectivity index (χ1n) is 6.05. The summed E-state index contributed by atoms with van der Waals surface area (Å²) >= 11 is 9.25. The van der Waals surface area contributed by atoms with Gasteiger partial charge in [-0.15, -0.1) is 0 Å². The van der Waals surface area contributed by atoms with Gasteiger partial charge in [0.05, 0.1) is 21.7 Å². The molecule has 0 bridgehead atoms. The van der Waals surface area contributed by atoms with Gasteiger partial charge in [-0.25, -0.2) is 8.42 Å². The van der Waals surface area contributed by atoms with Crippen molar-refractivity contribution in [2.45, 2.75) is 17.9 Å². The molecule has 2 rings (SSSR count). The van der Waals surface area contributed by atoms with Crippen molar-refractivity contribution >= 4 is 43.2 Å². The molecule has 2 aromatic rings. The minimum Gasteiger partial charge on any atom is -0.389 e. The number of hydrogen-bond acceptors (Lipinski definition) is 3. The normalized spacial score (nSPS) is 13.0. The zero-order valence-electron chi connectivity index (χ0n) is 11.0. The lowest BCUT2D eigenvalue weighted by Gasteiger charge is -2.12.